The second-order valence-electron chi connectivity index (χ2n) is 10.1. The molecule has 0 spiro atoms. The second-order valence-corrected chi connectivity index (χ2v) is 10.1. The monoisotopic (exact) mass is 474 g/mol. The van der Waals surface area contributed by atoms with Gasteiger partial charge in [0.05, 0.1) is 24.3 Å². The molecule has 188 valence electrons. The maximum atomic E-state index is 13.1. The van der Waals surface area contributed by atoms with Crippen molar-refractivity contribution in [1.29, 1.82) is 0 Å². The van der Waals surface area contributed by atoms with Gasteiger partial charge < -0.3 is 25.5 Å². The summed E-state index contributed by atoms with van der Waals surface area (Å²) in [4.78, 5) is 39.2. The Morgan fingerprint density at radius 2 is 1.88 bits per heavy atom. The average Bonchev–Trinajstić information content (AvgIpc) is 2.77. The summed E-state index contributed by atoms with van der Waals surface area (Å²) >= 11 is 0. The highest BCUT2D eigenvalue weighted by molar-refractivity contribution is 6.03. The van der Waals surface area contributed by atoms with E-state index in [0.29, 0.717) is 30.5 Å². The number of fused-ring (bicyclic) bond motifs is 1. The summed E-state index contributed by atoms with van der Waals surface area (Å²) in [7, 11) is 2.09. The zero-order chi connectivity index (χ0) is 24.8. The van der Waals surface area contributed by atoms with Gasteiger partial charge in [0.1, 0.15) is 17.3 Å². The van der Waals surface area contributed by atoms with Crippen LogP contribution >= 0.6 is 0 Å². The van der Waals surface area contributed by atoms with Crippen molar-refractivity contribution in [2.24, 2.45) is 17.8 Å². The first kappa shape index (κ1) is 26.3. The van der Waals surface area contributed by atoms with E-state index in [1.807, 2.05) is 12.1 Å². The summed E-state index contributed by atoms with van der Waals surface area (Å²) in [6.45, 7) is 2.79. The third kappa shape index (κ3) is 6.43. The molecule has 0 bridgehead atoms. The maximum absolute atomic E-state index is 13.1. The van der Waals surface area contributed by atoms with Crippen LogP contribution in [0, 0.1) is 17.8 Å². The van der Waals surface area contributed by atoms with Crippen LogP contribution in [0.3, 0.4) is 0 Å². The number of anilines is 1. The first-order valence-corrected chi connectivity index (χ1v) is 12.3. The standard InChI is InChI=1S/C26H38N2O6/c1-16(31)11-23(32)21(15-30)18(7-10-29)12-17-13-19-3-4-22(26(34)25(19)24(33)14-17)27-20-5-8-28(2)9-6-20/h3-4,17-18,20-21,27,29-30,34H,5-15H2,1-2H3. The van der Waals surface area contributed by atoms with Crippen molar-refractivity contribution in [3.05, 3.63) is 23.3 Å². The number of ketones is 3. The van der Waals surface area contributed by atoms with Crippen LogP contribution in [-0.4, -0.2) is 77.0 Å². The average molecular weight is 475 g/mol. The highest BCUT2D eigenvalue weighted by Crippen LogP contribution is 2.40. The van der Waals surface area contributed by atoms with Crippen molar-refractivity contribution in [2.75, 3.05) is 38.7 Å². The summed E-state index contributed by atoms with van der Waals surface area (Å²) in [6, 6.07) is 3.98. The Morgan fingerprint density at radius 3 is 2.50 bits per heavy atom. The number of carbonyl (C=O) groups excluding carboxylic acids is 3. The lowest BCUT2D eigenvalue weighted by Gasteiger charge is -2.32. The van der Waals surface area contributed by atoms with Crippen molar-refractivity contribution < 1.29 is 29.7 Å². The van der Waals surface area contributed by atoms with Crippen molar-refractivity contribution in [2.45, 2.75) is 57.9 Å². The highest BCUT2D eigenvalue weighted by Gasteiger charge is 2.34. The lowest BCUT2D eigenvalue weighted by molar-refractivity contribution is -0.131. The fourth-order valence-electron chi connectivity index (χ4n) is 5.49. The van der Waals surface area contributed by atoms with Crippen molar-refractivity contribution in [1.82, 2.24) is 4.90 Å². The number of phenols is 1. The first-order chi connectivity index (χ1) is 16.2. The Kier molecular flexibility index (Phi) is 9.22. The third-order valence-corrected chi connectivity index (χ3v) is 7.34. The van der Waals surface area contributed by atoms with E-state index in [0.717, 1.165) is 31.5 Å². The number of nitrogens with zero attached hydrogens (tertiary/aromatic N) is 1. The van der Waals surface area contributed by atoms with Crippen LogP contribution in [0.2, 0.25) is 0 Å². The summed E-state index contributed by atoms with van der Waals surface area (Å²) in [5, 5.41) is 33.7. The number of benzene rings is 1. The molecular formula is C26H38N2O6. The van der Waals surface area contributed by atoms with E-state index in [4.69, 9.17) is 0 Å². The largest absolute Gasteiger partial charge is 0.505 e. The van der Waals surface area contributed by atoms with E-state index in [1.165, 1.54) is 6.92 Å². The molecule has 3 rings (SSSR count). The summed E-state index contributed by atoms with van der Waals surface area (Å²) in [5.41, 5.74) is 1.75. The van der Waals surface area contributed by atoms with Crippen molar-refractivity contribution in [3.8, 4) is 5.75 Å². The van der Waals surface area contributed by atoms with Gasteiger partial charge in [0, 0.05) is 25.0 Å². The van der Waals surface area contributed by atoms with Gasteiger partial charge in [-0.25, -0.2) is 0 Å². The topological polar surface area (TPSA) is 127 Å². The summed E-state index contributed by atoms with van der Waals surface area (Å²) in [5.74, 6) is -1.82. The molecule has 4 N–H and O–H groups in total. The van der Waals surface area contributed by atoms with Crippen LogP contribution in [0.4, 0.5) is 5.69 Å². The normalized spacial score (nSPS) is 21.1. The Labute approximate surface area is 201 Å². The van der Waals surface area contributed by atoms with Gasteiger partial charge in [0.15, 0.2) is 5.78 Å². The molecule has 1 aliphatic carbocycles. The van der Waals surface area contributed by atoms with Gasteiger partial charge in [-0.2, -0.15) is 0 Å². The number of rotatable bonds is 11. The van der Waals surface area contributed by atoms with Crippen LogP contribution < -0.4 is 5.32 Å². The molecule has 8 nitrogen and oxygen atoms in total. The minimum Gasteiger partial charge on any atom is -0.505 e. The van der Waals surface area contributed by atoms with Gasteiger partial charge in [-0.3, -0.25) is 14.4 Å². The number of phenolic OH excluding ortho intramolecular Hbond substituents is 1. The van der Waals surface area contributed by atoms with Crippen LogP contribution in [0.5, 0.6) is 5.75 Å². The molecule has 3 unspecified atom stereocenters. The van der Waals surface area contributed by atoms with Gasteiger partial charge in [-0.05, 0) is 82.6 Å². The first-order valence-electron chi connectivity index (χ1n) is 12.3. The maximum Gasteiger partial charge on any atom is 0.167 e. The molecule has 1 heterocycles. The van der Waals surface area contributed by atoms with Crippen LogP contribution in [0.15, 0.2) is 12.1 Å². The fraction of sp³-hybridized carbons (Fsp3) is 0.654. The van der Waals surface area contributed by atoms with Crippen molar-refractivity contribution >= 4 is 23.0 Å². The zero-order valence-corrected chi connectivity index (χ0v) is 20.3. The molecule has 1 aromatic carbocycles. The number of hydrogen-bond acceptors (Lipinski definition) is 8. The lowest BCUT2D eigenvalue weighted by atomic mass is 9.73. The fourth-order valence-corrected chi connectivity index (χ4v) is 5.49. The number of hydrogen-bond donors (Lipinski definition) is 4. The third-order valence-electron chi connectivity index (χ3n) is 7.34. The minimum absolute atomic E-state index is 0.0108. The molecule has 0 saturated carbocycles. The van der Waals surface area contributed by atoms with Gasteiger partial charge >= 0.3 is 0 Å². The Morgan fingerprint density at radius 1 is 1.18 bits per heavy atom. The Balaban J connectivity index is 1.72. The molecule has 0 amide bonds. The summed E-state index contributed by atoms with van der Waals surface area (Å²) in [6.07, 6.45) is 3.32. The molecule has 1 saturated heterocycles. The number of aliphatic hydroxyl groups is 2. The molecule has 1 aliphatic heterocycles. The molecule has 1 aromatic rings. The molecular weight excluding hydrogens is 436 g/mol. The zero-order valence-electron chi connectivity index (χ0n) is 20.3. The van der Waals surface area contributed by atoms with E-state index in [-0.39, 0.29) is 67.0 Å². The Bertz CT molecular complexity index is 894. The predicted octanol–water partition coefficient (Wildman–Crippen LogP) is 2.19. The van der Waals surface area contributed by atoms with E-state index in [2.05, 4.69) is 17.3 Å². The second kappa shape index (κ2) is 11.9. The quantitative estimate of drug-likeness (QED) is 0.284. The molecule has 34 heavy (non-hydrogen) atoms. The predicted molar refractivity (Wildman–Crippen MR) is 129 cm³/mol. The van der Waals surface area contributed by atoms with Crippen LogP contribution in [0.25, 0.3) is 0 Å². The number of nitrogens with one attached hydrogen (secondary N) is 1. The number of piperidine rings is 1. The van der Waals surface area contributed by atoms with E-state index < -0.39 is 5.92 Å². The molecule has 3 atom stereocenters. The SMILES string of the molecule is CC(=O)CC(=O)C(CO)C(CCO)CC1CC(=O)c2c(ccc(NC3CCN(C)CC3)c2O)C1. The molecule has 2 aliphatic rings. The lowest BCUT2D eigenvalue weighted by Crippen LogP contribution is -2.36. The van der Waals surface area contributed by atoms with E-state index in [9.17, 15) is 29.7 Å². The van der Waals surface area contributed by atoms with Gasteiger partial charge in [-0.15, -0.1) is 0 Å². The number of Topliss-reactive ketones (excluding diaryl/α,β-unsaturated/α-hetero) is 3. The molecule has 8 heteroatoms. The van der Waals surface area contributed by atoms with Gasteiger partial charge in [0.25, 0.3) is 0 Å². The molecule has 0 aromatic heterocycles. The summed E-state index contributed by atoms with van der Waals surface area (Å²) < 4.78 is 0. The molecule has 0 radical (unpaired) electrons. The van der Waals surface area contributed by atoms with E-state index >= 15 is 0 Å². The molecule has 1 fully saturated rings. The van der Waals surface area contributed by atoms with Gasteiger partial charge in [0.2, 0.25) is 0 Å². The number of aliphatic hydroxyl groups excluding tert-OH is 2. The highest BCUT2D eigenvalue weighted by atomic mass is 16.3. The number of likely N-dealkylation sites (tertiary alicyclic amines) is 1. The minimum atomic E-state index is -0.734. The van der Waals surface area contributed by atoms with Crippen LogP contribution in [0.1, 0.15) is 61.4 Å². The van der Waals surface area contributed by atoms with Gasteiger partial charge in [-0.1, -0.05) is 6.07 Å². The van der Waals surface area contributed by atoms with Crippen LogP contribution in [-0.2, 0) is 16.0 Å². The number of aromatic hydroxyl groups is 1. The van der Waals surface area contributed by atoms with Crippen molar-refractivity contribution in [3.63, 3.8) is 0 Å². The smallest absolute Gasteiger partial charge is 0.167 e. The number of carbonyl (C=O) groups is 3. The Hall–Kier alpha value is -2.29. The van der Waals surface area contributed by atoms with E-state index in [1.54, 1.807) is 0 Å².